The van der Waals surface area contributed by atoms with Crippen molar-refractivity contribution in [1.29, 1.82) is 0 Å². The Morgan fingerprint density at radius 3 is 2.45 bits per heavy atom. The molecule has 0 saturated carbocycles. The van der Waals surface area contributed by atoms with Gasteiger partial charge >= 0.3 is 0 Å². The Kier molecular flexibility index (Phi) is 7.29. The zero-order valence-corrected chi connectivity index (χ0v) is 15.7. The second-order valence-electron chi connectivity index (χ2n) is 6.47. The van der Waals surface area contributed by atoms with Gasteiger partial charge in [0, 0.05) is 38.5 Å². The van der Waals surface area contributed by atoms with Crippen molar-refractivity contribution in [2.24, 2.45) is 10.4 Å². The summed E-state index contributed by atoms with van der Waals surface area (Å²) in [5.74, 6) is 0.802. The van der Waals surface area contributed by atoms with E-state index in [-0.39, 0.29) is 11.5 Å². The first kappa shape index (κ1) is 18.9. The van der Waals surface area contributed by atoms with Crippen LogP contribution in [0.1, 0.15) is 36.3 Å². The minimum Gasteiger partial charge on any atom is -0.379 e. The molecule has 1 unspecified atom stereocenters. The molecule has 0 fully saturated rings. The summed E-state index contributed by atoms with van der Waals surface area (Å²) in [6, 6.07) is 0. The van der Waals surface area contributed by atoms with E-state index in [9.17, 15) is 0 Å². The Balaban J connectivity index is 2.39. The second-order valence-corrected chi connectivity index (χ2v) is 7.76. The summed E-state index contributed by atoms with van der Waals surface area (Å²) in [6.07, 6.45) is 1.04. The van der Waals surface area contributed by atoms with E-state index in [1.54, 1.807) is 25.5 Å². The second kappa shape index (κ2) is 8.48. The molecule has 5 nitrogen and oxygen atoms in total. The van der Waals surface area contributed by atoms with Gasteiger partial charge in [-0.05, 0) is 19.3 Å². The SMILES string of the molecule is CN=C(NCCc1nc(C)c(C)s1)NCC(OC)C(C)(C)C. The number of aromatic nitrogens is 1. The van der Waals surface area contributed by atoms with Crippen molar-refractivity contribution < 1.29 is 4.74 Å². The van der Waals surface area contributed by atoms with Crippen molar-refractivity contribution in [3.8, 4) is 0 Å². The molecule has 0 bridgehead atoms. The highest BCUT2D eigenvalue weighted by atomic mass is 32.1. The summed E-state index contributed by atoms with van der Waals surface area (Å²) in [5.41, 5.74) is 1.23. The molecule has 1 aromatic heterocycles. The zero-order valence-electron chi connectivity index (χ0n) is 14.9. The fourth-order valence-electron chi connectivity index (χ4n) is 2.09. The predicted octanol–water partition coefficient (Wildman–Crippen LogP) is 2.53. The van der Waals surface area contributed by atoms with E-state index < -0.39 is 0 Å². The molecule has 1 atom stereocenters. The Morgan fingerprint density at radius 2 is 2.00 bits per heavy atom. The van der Waals surface area contributed by atoms with Crippen LogP contribution in [0, 0.1) is 19.3 Å². The maximum absolute atomic E-state index is 5.55. The van der Waals surface area contributed by atoms with Gasteiger partial charge in [0.15, 0.2) is 5.96 Å². The lowest BCUT2D eigenvalue weighted by Gasteiger charge is -2.30. The normalized spacial score (nSPS) is 14.0. The standard InChI is InChI=1S/C16H30N4OS/c1-11-12(2)22-14(20-11)8-9-18-15(17-6)19-10-13(21-7)16(3,4)5/h13H,8-10H2,1-7H3,(H2,17,18,19). The summed E-state index contributed by atoms with van der Waals surface area (Å²) in [7, 11) is 3.53. The summed E-state index contributed by atoms with van der Waals surface area (Å²) in [6.45, 7) is 12.2. The van der Waals surface area contributed by atoms with Gasteiger partial charge in [0.1, 0.15) is 0 Å². The van der Waals surface area contributed by atoms with Crippen molar-refractivity contribution in [3.05, 3.63) is 15.6 Å². The van der Waals surface area contributed by atoms with E-state index in [0.29, 0.717) is 0 Å². The number of methoxy groups -OCH3 is 1. The van der Waals surface area contributed by atoms with Gasteiger partial charge < -0.3 is 15.4 Å². The summed E-state index contributed by atoms with van der Waals surface area (Å²) < 4.78 is 5.55. The highest BCUT2D eigenvalue weighted by Crippen LogP contribution is 2.20. The summed E-state index contributed by atoms with van der Waals surface area (Å²) in [4.78, 5) is 10.1. The molecule has 0 aromatic carbocycles. The maximum atomic E-state index is 5.55. The number of nitrogens with one attached hydrogen (secondary N) is 2. The number of aryl methyl sites for hydroxylation is 2. The Hall–Kier alpha value is -1.14. The first-order chi connectivity index (χ1) is 10.3. The number of guanidine groups is 1. The van der Waals surface area contributed by atoms with Crippen LogP contribution in [0.2, 0.25) is 0 Å². The van der Waals surface area contributed by atoms with E-state index in [0.717, 1.165) is 31.2 Å². The van der Waals surface area contributed by atoms with Crippen LogP contribution < -0.4 is 10.6 Å². The van der Waals surface area contributed by atoms with Crippen molar-refractivity contribution >= 4 is 17.3 Å². The van der Waals surface area contributed by atoms with E-state index in [1.807, 2.05) is 0 Å². The third kappa shape index (κ3) is 5.93. The van der Waals surface area contributed by atoms with Gasteiger partial charge in [0.05, 0.1) is 16.8 Å². The molecule has 6 heteroatoms. The summed E-state index contributed by atoms with van der Waals surface area (Å²) >= 11 is 1.77. The number of nitrogens with zero attached hydrogens (tertiary/aromatic N) is 2. The number of ether oxygens (including phenoxy) is 1. The van der Waals surface area contributed by atoms with Crippen molar-refractivity contribution in [2.75, 3.05) is 27.2 Å². The quantitative estimate of drug-likeness (QED) is 0.623. The fraction of sp³-hybridized carbons (Fsp3) is 0.750. The maximum Gasteiger partial charge on any atom is 0.191 e. The van der Waals surface area contributed by atoms with Gasteiger partial charge in [-0.2, -0.15) is 0 Å². The van der Waals surface area contributed by atoms with Gasteiger partial charge in [-0.25, -0.2) is 4.98 Å². The topological polar surface area (TPSA) is 58.5 Å². The van der Waals surface area contributed by atoms with Crippen LogP contribution in [0.5, 0.6) is 0 Å². The molecule has 0 saturated heterocycles. The third-order valence-electron chi connectivity index (χ3n) is 3.63. The first-order valence-corrected chi connectivity index (χ1v) is 8.49. The molecule has 0 spiro atoms. The first-order valence-electron chi connectivity index (χ1n) is 7.68. The average molecular weight is 327 g/mol. The van der Waals surface area contributed by atoms with Gasteiger partial charge in [-0.15, -0.1) is 11.3 Å². The van der Waals surface area contributed by atoms with Crippen LogP contribution in [0.25, 0.3) is 0 Å². The largest absolute Gasteiger partial charge is 0.379 e. The molecule has 22 heavy (non-hydrogen) atoms. The highest BCUT2D eigenvalue weighted by molar-refractivity contribution is 7.11. The van der Waals surface area contributed by atoms with Gasteiger partial charge in [-0.1, -0.05) is 20.8 Å². The Labute approximate surface area is 138 Å². The number of hydrogen-bond acceptors (Lipinski definition) is 4. The van der Waals surface area contributed by atoms with Crippen molar-refractivity contribution in [1.82, 2.24) is 15.6 Å². The third-order valence-corrected chi connectivity index (χ3v) is 4.77. The minimum atomic E-state index is 0.0938. The number of thiazole rings is 1. The average Bonchev–Trinajstić information content (AvgIpc) is 2.74. The number of aliphatic imine (C=N–C) groups is 1. The van der Waals surface area contributed by atoms with Gasteiger partial charge in [0.2, 0.25) is 0 Å². The predicted molar refractivity (Wildman–Crippen MR) is 94.9 cm³/mol. The molecule has 1 aromatic rings. The molecule has 0 aliphatic heterocycles. The molecule has 1 heterocycles. The number of hydrogen-bond donors (Lipinski definition) is 2. The molecule has 0 radical (unpaired) electrons. The molecule has 2 N–H and O–H groups in total. The lowest BCUT2D eigenvalue weighted by molar-refractivity contribution is 0.0205. The number of rotatable bonds is 6. The van der Waals surface area contributed by atoms with E-state index in [2.05, 4.69) is 55.2 Å². The molecule has 0 amide bonds. The lowest BCUT2D eigenvalue weighted by Crippen LogP contribution is -2.45. The molecule has 0 aliphatic rings. The molecule has 126 valence electrons. The van der Waals surface area contributed by atoms with Gasteiger partial charge in [0.25, 0.3) is 0 Å². The van der Waals surface area contributed by atoms with Crippen LogP contribution in [-0.2, 0) is 11.2 Å². The smallest absolute Gasteiger partial charge is 0.191 e. The van der Waals surface area contributed by atoms with E-state index in [1.165, 1.54) is 9.88 Å². The lowest BCUT2D eigenvalue weighted by atomic mass is 9.89. The molecular weight excluding hydrogens is 296 g/mol. The van der Waals surface area contributed by atoms with Crippen LogP contribution >= 0.6 is 11.3 Å². The van der Waals surface area contributed by atoms with Crippen LogP contribution in [0.3, 0.4) is 0 Å². The highest BCUT2D eigenvalue weighted by Gasteiger charge is 2.24. The van der Waals surface area contributed by atoms with Crippen LogP contribution in [-0.4, -0.2) is 44.3 Å². The minimum absolute atomic E-state index is 0.0938. The Morgan fingerprint density at radius 1 is 1.32 bits per heavy atom. The monoisotopic (exact) mass is 326 g/mol. The van der Waals surface area contributed by atoms with E-state index >= 15 is 0 Å². The molecule has 0 aliphatic carbocycles. The zero-order chi connectivity index (χ0) is 16.8. The Bertz CT molecular complexity index is 471. The van der Waals surface area contributed by atoms with Crippen LogP contribution in [0.15, 0.2) is 4.99 Å². The summed E-state index contributed by atoms with van der Waals surface area (Å²) in [5, 5.41) is 7.82. The van der Waals surface area contributed by atoms with Crippen molar-refractivity contribution in [2.45, 2.75) is 47.1 Å². The molecular formula is C16H30N4OS. The van der Waals surface area contributed by atoms with Crippen molar-refractivity contribution in [3.63, 3.8) is 0 Å². The van der Waals surface area contributed by atoms with Gasteiger partial charge in [-0.3, -0.25) is 4.99 Å². The molecule has 1 rings (SSSR count). The van der Waals surface area contributed by atoms with Crippen LogP contribution in [0.4, 0.5) is 0 Å². The fourth-order valence-corrected chi connectivity index (χ4v) is 3.02. The van der Waals surface area contributed by atoms with E-state index in [4.69, 9.17) is 4.74 Å².